The maximum atomic E-state index is 11.2. The van der Waals surface area contributed by atoms with Gasteiger partial charge in [-0.3, -0.25) is 9.13 Å². The van der Waals surface area contributed by atoms with Crippen LogP contribution in [0.1, 0.15) is 13.2 Å². The smallest absolute Gasteiger partial charge is 0.224 e. The van der Waals surface area contributed by atoms with E-state index in [-0.39, 0.29) is 12.6 Å². The van der Waals surface area contributed by atoms with Crippen molar-refractivity contribution < 1.29 is 24.0 Å². The van der Waals surface area contributed by atoms with Crippen LogP contribution >= 0.6 is 8.03 Å². The number of nitrogens with zero attached hydrogens (tertiary/aromatic N) is 5. The number of ether oxygens (including phenoxy) is 1. The molecule has 0 aliphatic heterocycles. The zero-order valence-corrected chi connectivity index (χ0v) is 16.2. The number of imidazole rings is 1. The summed E-state index contributed by atoms with van der Waals surface area (Å²) in [5.74, 6) is 0.586. The first-order valence-electron chi connectivity index (χ1n) is 7.99. The van der Waals surface area contributed by atoms with Crippen LogP contribution in [0.4, 0.5) is 11.8 Å². The topological polar surface area (TPSA) is 149 Å². The minimum atomic E-state index is -2.18. The highest BCUT2D eigenvalue weighted by Gasteiger charge is 2.25. The summed E-state index contributed by atoms with van der Waals surface area (Å²) in [6, 6.07) is 0. The van der Waals surface area contributed by atoms with Crippen LogP contribution in [0.15, 0.2) is 6.33 Å². The summed E-state index contributed by atoms with van der Waals surface area (Å²) in [4.78, 5) is 14.4. The number of aromatic nitrogens is 4. The zero-order chi connectivity index (χ0) is 19.4. The van der Waals surface area contributed by atoms with E-state index >= 15 is 0 Å². The second kappa shape index (κ2) is 8.74. The van der Waals surface area contributed by atoms with Crippen molar-refractivity contribution in [2.45, 2.75) is 25.4 Å². The first-order valence-corrected chi connectivity index (χ1v) is 9.81. The van der Waals surface area contributed by atoms with Crippen LogP contribution in [0.3, 0.4) is 0 Å². The lowest BCUT2D eigenvalue weighted by Gasteiger charge is -2.26. The van der Waals surface area contributed by atoms with Gasteiger partial charge in [-0.25, -0.2) is 4.98 Å². The van der Waals surface area contributed by atoms with Gasteiger partial charge in [-0.2, -0.15) is 9.97 Å². The molecule has 0 saturated heterocycles. The fourth-order valence-electron chi connectivity index (χ4n) is 2.33. The SMILES string of the molecule is CC(O)[C@@H](CO[PH](C)=O)O[C@H](CO)n1cnc2c(N(C)C)nc(N)nc21. The molecule has 2 rings (SSSR count). The zero-order valence-electron chi connectivity index (χ0n) is 15.2. The van der Waals surface area contributed by atoms with Gasteiger partial charge in [-0.1, -0.05) is 0 Å². The van der Waals surface area contributed by atoms with Crippen molar-refractivity contribution >= 4 is 31.0 Å². The molecule has 0 aromatic carbocycles. The third-order valence-corrected chi connectivity index (χ3v) is 4.20. The summed E-state index contributed by atoms with van der Waals surface area (Å²) in [6.45, 7) is 2.48. The van der Waals surface area contributed by atoms with Gasteiger partial charge in [0.05, 0.1) is 25.6 Å². The summed E-state index contributed by atoms with van der Waals surface area (Å²) in [6.07, 6.45) is -1.15. The van der Waals surface area contributed by atoms with Gasteiger partial charge in [0.2, 0.25) is 5.95 Å². The Bertz CT molecular complexity index is 768. The average molecular weight is 388 g/mol. The van der Waals surface area contributed by atoms with Crippen molar-refractivity contribution in [3.63, 3.8) is 0 Å². The second-order valence-electron chi connectivity index (χ2n) is 5.98. The first-order chi connectivity index (χ1) is 12.2. The molecular weight excluding hydrogens is 363 g/mol. The minimum Gasteiger partial charge on any atom is -0.392 e. The molecule has 12 heteroatoms. The molecule has 4 N–H and O–H groups in total. The molecule has 2 unspecified atom stereocenters. The van der Waals surface area contributed by atoms with Crippen LogP contribution in [-0.4, -0.2) is 75.9 Å². The highest BCUT2D eigenvalue weighted by molar-refractivity contribution is 7.38. The number of hydrogen-bond acceptors (Lipinski definition) is 10. The van der Waals surface area contributed by atoms with Crippen molar-refractivity contribution in [1.82, 2.24) is 19.5 Å². The number of rotatable bonds is 9. The summed E-state index contributed by atoms with van der Waals surface area (Å²) >= 11 is 0. The Balaban J connectivity index is 2.36. The molecule has 0 aliphatic carbocycles. The molecule has 2 aromatic rings. The second-order valence-corrected chi connectivity index (χ2v) is 7.25. The van der Waals surface area contributed by atoms with E-state index in [0.29, 0.717) is 17.0 Å². The number of fused-ring (bicyclic) bond motifs is 1. The molecule has 0 bridgehead atoms. The van der Waals surface area contributed by atoms with Crippen molar-refractivity contribution in [3.05, 3.63) is 6.33 Å². The maximum Gasteiger partial charge on any atom is 0.224 e. The molecule has 0 saturated carbocycles. The Morgan fingerprint density at radius 1 is 1.42 bits per heavy atom. The number of anilines is 2. The number of nitrogens with two attached hydrogens (primary N) is 1. The monoisotopic (exact) mass is 388 g/mol. The van der Waals surface area contributed by atoms with E-state index < -0.39 is 33.1 Å². The fraction of sp³-hybridized carbons (Fsp3) is 0.643. The lowest BCUT2D eigenvalue weighted by molar-refractivity contribution is -0.128. The third-order valence-electron chi connectivity index (χ3n) is 3.63. The number of hydrogen-bond donors (Lipinski definition) is 3. The van der Waals surface area contributed by atoms with Gasteiger partial charge in [-0.05, 0) is 6.92 Å². The Kier molecular flexibility index (Phi) is 6.90. The van der Waals surface area contributed by atoms with Gasteiger partial charge in [0.15, 0.2) is 31.2 Å². The Morgan fingerprint density at radius 2 is 2.12 bits per heavy atom. The Hall–Kier alpha value is -1.78. The molecule has 0 radical (unpaired) electrons. The van der Waals surface area contributed by atoms with Gasteiger partial charge in [0.25, 0.3) is 0 Å². The summed E-state index contributed by atoms with van der Waals surface area (Å²) < 4.78 is 23.6. The van der Waals surface area contributed by atoms with Crippen molar-refractivity contribution in [1.29, 1.82) is 0 Å². The molecule has 146 valence electrons. The fourth-order valence-corrected chi connectivity index (χ4v) is 2.73. The van der Waals surface area contributed by atoms with Gasteiger partial charge in [0.1, 0.15) is 6.10 Å². The molecular formula is C14H25N6O5P. The molecule has 0 amide bonds. The highest BCUT2D eigenvalue weighted by atomic mass is 31.1. The number of nitrogen functional groups attached to an aromatic ring is 1. The van der Waals surface area contributed by atoms with Crippen molar-refractivity contribution in [2.75, 3.05) is 44.6 Å². The van der Waals surface area contributed by atoms with E-state index in [1.165, 1.54) is 24.5 Å². The van der Waals surface area contributed by atoms with E-state index in [9.17, 15) is 14.8 Å². The molecule has 4 atom stereocenters. The quantitative estimate of drug-likeness (QED) is 0.495. The predicted molar refractivity (Wildman–Crippen MR) is 97.6 cm³/mol. The van der Waals surface area contributed by atoms with Gasteiger partial charge < -0.3 is 30.1 Å². The minimum absolute atomic E-state index is 0.0552. The van der Waals surface area contributed by atoms with E-state index in [4.69, 9.17) is 15.0 Å². The summed E-state index contributed by atoms with van der Waals surface area (Å²) in [5, 5.41) is 19.7. The lowest BCUT2D eigenvalue weighted by Crippen LogP contribution is -2.34. The first kappa shape index (κ1) is 20.5. The van der Waals surface area contributed by atoms with E-state index in [2.05, 4.69) is 15.0 Å². The van der Waals surface area contributed by atoms with Crippen LogP contribution in [0.25, 0.3) is 11.2 Å². The molecule has 0 fully saturated rings. The maximum absolute atomic E-state index is 11.2. The van der Waals surface area contributed by atoms with Crippen LogP contribution in [0.5, 0.6) is 0 Å². The Morgan fingerprint density at radius 3 is 2.65 bits per heavy atom. The van der Waals surface area contributed by atoms with Gasteiger partial charge in [-0.15, -0.1) is 0 Å². The van der Waals surface area contributed by atoms with Crippen molar-refractivity contribution in [2.24, 2.45) is 0 Å². The predicted octanol–water partition coefficient (Wildman–Crippen LogP) is -0.147. The van der Waals surface area contributed by atoms with E-state index in [0.717, 1.165) is 0 Å². The van der Waals surface area contributed by atoms with Crippen LogP contribution in [-0.2, 0) is 13.8 Å². The molecule has 26 heavy (non-hydrogen) atoms. The molecule has 2 aromatic heterocycles. The molecule has 0 spiro atoms. The van der Waals surface area contributed by atoms with Crippen molar-refractivity contribution in [3.8, 4) is 0 Å². The summed E-state index contributed by atoms with van der Waals surface area (Å²) in [7, 11) is 1.42. The molecule has 11 nitrogen and oxygen atoms in total. The normalized spacial score (nSPS) is 16.4. The lowest BCUT2D eigenvalue weighted by atomic mass is 10.2. The van der Waals surface area contributed by atoms with Crippen LogP contribution in [0, 0.1) is 0 Å². The van der Waals surface area contributed by atoms with E-state index in [1.54, 1.807) is 19.0 Å². The Labute approximate surface area is 151 Å². The largest absolute Gasteiger partial charge is 0.392 e. The third kappa shape index (κ3) is 4.68. The standard InChI is InChI=1S/C14H25N6O5P/c1-8(22)9(6-24-26(4)23)25-10(5-21)20-7-16-11-12(19(2)3)17-14(15)18-13(11)20/h7-10,21-22,26H,5-6H2,1-4H3,(H2,15,17,18)/t8?,9-,10-/m1/s1. The molecule has 2 heterocycles. The molecule has 0 aliphatic rings. The van der Waals surface area contributed by atoms with Gasteiger partial charge in [0, 0.05) is 20.8 Å². The van der Waals surface area contributed by atoms with E-state index in [1.807, 2.05) is 0 Å². The highest BCUT2D eigenvalue weighted by Crippen LogP contribution is 2.26. The average Bonchev–Trinajstić information content (AvgIpc) is 2.97. The van der Waals surface area contributed by atoms with Gasteiger partial charge >= 0.3 is 0 Å². The van der Waals surface area contributed by atoms with Crippen LogP contribution in [0.2, 0.25) is 0 Å². The number of aliphatic hydroxyl groups is 2. The summed E-state index contributed by atoms with van der Waals surface area (Å²) in [5.41, 5.74) is 6.66. The van der Waals surface area contributed by atoms with Crippen LogP contribution < -0.4 is 10.6 Å². The number of aliphatic hydroxyl groups excluding tert-OH is 2.